The molecule has 0 amide bonds. The lowest BCUT2D eigenvalue weighted by Crippen LogP contribution is -2.05. The van der Waals surface area contributed by atoms with E-state index in [1.807, 2.05) is 30.4 Å². The number of nitrogens with zero attached hydrogens (tertiary/aromatic N) is 3. The van der Waals surface area contributed by atoms with E-state index < -0.39 is 17.4 Å². The first-order valence-electron chi connectivity index (χ1n) is 9.90. The van der Waals surface area contributed by atoms with Crippen molar-refractivity contribution in [1.82, 2.24) is 14.4 Å². The zero-order chi connectivity index (χ0) is 21.4. The molecule has 0 spiro atoms. The second kappa shape index (κ2) is 7.74. The van der Waals surface area contributed by atoms with Gasteiger partial charge in [0.2, 0.25) is 0 Å². The third-order valence-electron chi connectivity index (χ3n) is 5.31. The topological polar surface area (TPSA) is 76.4 Å². The van der Waals surface area contributed by atoms with Crippen LogP contribution in [-0.4, -0.2) is 19.5 Å². The Kier molecular flexibility index (Phi) is 5.11. The number of aromatic nitrogens is 3. The van der Waals surface area contributed by atoms with Crippen molar-refractivity contribution in [3.05, 3.63) is 77.4 Å². The van der Waals surface area contributed by atoms with E-state index in [0.717, 1.165) is 30.8 Å². The molecule has 0 fully saturated rings. The maximum atomic E-state index is 13.9. The van der Waals surface area contributed by atoms with E-state index >= 15 is 0 Å². The molecule has 4 aromatic rings. The number of benzene rings is 2. The fraction of sp³-hybridized carbons (Fsp3) is 0.217. The Morgan fingerprint density at radius 2 is 1.77 bits per heavy atom. The van der Waals surface area contributed by atoms with Crippen molar-refractivity contribution in [2.24, 2.45) is 0 Å². The molecule has 1 aliphatic carbocycles. The van der Waals surface area contributed by atoms with Gasteiger partial charge in [-0.25, -0.2) is 14.4 Å². The van der Waals surface area contributed by atoms with Gasteiger partial charge >= 0.3 is 0 Å². The highest BCUT2D eigenvalue weighted by Gasteiger charge is 2.28. The number of nitrogens with two attached hydrogens (primary N) is 1. The maximum Gasteiger partial charge on any atom is 0.200 e. The van der Waals surface area contributed by atoms with Gasteiger partial charge in [0.1, 0.15) is 22.9 Å². The van der Waals surface area contributed by atoms with E-state index in [2.05, 4.69) is 17.1 Å². The molecule has 30 heavy (non-hydrogen) atoms. The highest BCUT2D eigenvalue weighted by atomic mass is 19.2. The molecule has 0 aliphatic heterocycles. The standard InChI is InChI=1S/C21H16F2N4O.C2H6/c22-15-9-13(10-16(28)17(15)23)18-19-20(24)25-5-6-27(19)21(26-18)14-7-11-3-1-2-4-12(11)8-14;1-2/h1-6,9-10,14,28H,7-8H2,(H2,24,25);1-2H3. The molecule has 7 heteroatoms. The summed E-state index contributed by atoms with van der Waals surface area (Å²) in [5.74, 6) is -2.07. The summed E-state index contributed by atoms with van der Waals surface area (Å²) in [7, 11) is 0. The fourth-order valence-electron chi connectivity index (χ4n) is 4.03. The Morgan fingerprint density at radius 1 is 1.10 bits per heavy atom. The zero-order valence-corrected chi connectivity index (χ0v) is 16.7. The molecule has 154 valence electrons. The summed E-state index contributed by atoms with van der Waals surface area (Å²) in [5.41, 5.74) is 9.77. The fourth-order valence-corrected chi connectivity index (χ4v) is 4.03. The second-order valence-corrected chi connectivity index (χ2v) is 7.01. The van der Waals surface area contributed by atoms with Crippen molar-refractivity contribution >= 4 is 11.3 Å². The maximum absolute atomic E-state index is 13.9. The molecule has 5 nitrogen and oxygen atoms in total. The molecule has 1 aliphatic rings. The monoisotopic (exact) mass is 408 g/mol. The van der Waals surface area contributed by atoms with Crippen LogP contribution in [0.15, 0.2) is 48.8 Å². The van der Waals surface area contributed by atoms with Crippen molar-refractivity contribution in [3.63, 3.8) is 0 Å². The van der Waals surface area contributed by atoms with Crippen LogP contribution in [0.2, 0.25) is 0 Å². The van der Waals surface area contributed by atoms with Gasteiger partial charge in [-0.15, -0.1) is 0 Å². The van der Waals surface area contributed by atoms with Crippen molar-refractivity contribution < 1.29 is 13.9 Å². The summed E-state index contributed by atoms with van der Waals surface area (Å²) >= 11 is 0. The summed E-state index contributed by atoms with van der Waals surface area (Å²) in [6, 6.07) is 10.4. The number of aromatic hydroxyl groups is 1. The van der Waals surface area contributed by atoms with Crippen molar-refractivity contribution in [2.45, 2.75) is 32.6 Å². The summed E-state index contributed by atoms with van der Waals surface area (Å²) in [4.78, 5) is 8.86. The van der Waals surface area contributed by atoms with Gasteiger partial charge in [-0.1, -0.05) is 38.1 Å². The van der Waals surface area contributed by atoms with Gasteiger partial charge in [0.05, 0.1) is 0 Å². The number of hydrogen-bond acceptors (Lipinski definition) is 4. The highest BCUT2D eigenvalue weighted by Crippen LogP contribution is 2.38. The molecule has 5 rings (SSSR count). The predicted octanol–water partition coefficient (Wildman–Crippen LogP) is 4.87. The number of phenols is 1. The SMILES string of the molecule is CC.Nc1nccn2c(C3Cc4ccccc4C3)nc(-c3cc(O)c(F)c(F)c3)c12. The number of phenolic OH excluding ortho intramolecular Hbond substituents is 1. The van der Waals surface area contributed by atoms with Crippen LogP contribution in [0, 0.1) is 11.6 Å². The van der Waals surface area contributed by atoms with E-state index in [0.29, 0.717) is 11.2 Å². The number of fused-ring (bicyclic) bond motifs is 2. The van der Waals surface area contributed by atoms with Gasteiger partial charge in [-0.05, 0) is 36.1 Å². The average molecular weight is 408 g/mol. The zero-order valence-electron chi connectivity index (χ0n) is 16.7. The summed E-state index contributed by atoms with van der Waals surface area (Å²) < 4.78 is 29.3. The summed E-state index contributed by atoms with van der Waals surface area (Å²) in [6.07, 6.45) is 5.02. The molecule has 2 aromatic carbocycles. The molecular formula is C23H22F2N4O. The van der Waals surface area contributed by atoms with Crippen molar-refractivity contribution in [1.29, 1.82) is 0 Å². The van der Waals surface area contributed by atoms with Crippen molar-refractivity contribution in [3.8, 4) is 17.0 Å². The number of halogens is 2. The van der Waals surface area contributed by atoms with Crippen molar-refractivity contribution in [2.75, 3.05) is 5.73 Å². The first-order valence-corrected chi connectivity index (χ1v) is 9.90. The Morgan fingerprint density at radius 3 is 2.40 bits per heavy atom. The van der Waals surface area contributed by atoms with Gasteiger partial charge < -0.3 is 10.8 Å². The molecule has 0 radical (unpaired) electrons. The van der Waals surface area contributed by atoms with E-state index in [9.17, 15) is 13.9 Å². The van der Waals surface area contributed by atoms with Gasteiger partial charge in [0, 0.05) is 23.9 Å². The molecule has 0 bridgehead atoms. The Labute approximate surface area is 172 Å². The van der Waals surface area contributed by atoms with Crippen LogP contribution in [0.5, 0.6) is 5.75 Å². The largest absolute Gasteiger partial charge is 0.505 e. The highest BCUT2D eigenvalue weighted by molar-refractivity contribution is 5.85. The first kappa shape index (κ1) is 19.8. The normalized spacial score (nSPS) is 13.2. The van der Waals surface area contributed by atoms with Gasteiger partial charge in [-0.2, -0.15) is 4.39 Å². The van der Waals surface area contributed by atoms with Gasteiger partial charge in [0.25, 0.3) is 0 Å². The van der Waals surface area contributed by atoms with Crippen LogP contribution in [-0.2, 0) is 12.8 Å². The van der Waals surface area contributed by atoms with Crippen LogP contribution in [0.1, 0.15) is 36.7 Å². The van der Waals surface area contributed by atoms with E-state index in [4.69, 9.17) is 10.7 Å². The molecule has 0 unspecified atom stereocenters. The number of anilines is 1. The average Bonchev–Trinajstić information content (AvgIpc) is 3.35. The lowest BCUT2D eigenvalue weighted by Gasteiger charge is -2.08. The number of imidazole rings is 1. The summed E-state index contributed by atoms with van der Waals surface area (Å²) in [6.45, 7) is 4.00. The lowest BCUT2D eigenvalue weighted by molar-refractivity contribution is 0.407. The Bertz CT molecular complexity index is 1190. The second-order valence-electron chi connectivity index (χ2n) is 7.01. The number of hydrogen-bond donors (Lipinski definition) is 2. The van der Waals surface area contributed by atoms with E-state index in [1.165, 1.54) is 11.1 Å². The van der Waals surface area contributed by atoms with Crippen LogP contribution >= 0.6 is 0 Å². The molecule has 2 heterocycles. The minimum atomic E-state index is -1.29. The minimum Gasteiger partial charge on any atom is -0.505 e. The third kappa shape index (κ3) is 3.16. The molecule has 0 atom stereocenters. The predicted molar refractivity (Wildman–Crippen MR) is 112 cm³/mol. The smallest absolute Gasteiger partial charge is 0.200 e. The quantitative estimate of drug-likeness (QED) is 0.496. The molecule has 2 aromatic heterocycles. The molecular weight excluding hydrogens is 386 g/mol. The van der Waals surface area contributed by atoms with Crippen LogP contribution in [0.25, 0.3) is 16.8 Å². The summed E-state index contributed by atoms with van der Waals surface area (Å²) in [5, 5.41) is 9.72. The molecule has 0 saturated heterocycles. The molecule has 0 saturated carbocycles. The van der Waals surface area contributed by atoms with E-state index in [-0.39, 0.29) is 17.3 Å². The Hall–Kier alpha value is -3.48. The minimum absolute atomic E-state index is 0.124. The number of rotatable bonds is 2. The van der Waals surface area contributed by atoms with Gasteiger partial charge in [0.15, 0.2) is 17.4 Å². The molecule has 3 N–H and O–H groups in total. The van der Waals surface area contributed by atoms with Crippen LogP contribution in [0.4, 0.5) is 14.6 Å². The van der Waals surface area contributed by atoms with Crippen LogP contribution in [0.3, 0.4) is 0 Å². The Balaban J connectivity index is 0.00000106. The van der Waals surface area contributed by atoms with E-state index in [1.54, 1.807) is 12.4 Å². The first-order chi connectivity index (χ1) is 14.5. The third-order valence-corrected chi connectivity index (χ3v) is 5.31. The van der Waals surface area contributed by atoms with Gasteiger partial charge in [-0.3, -0.25) is 4.40 Å². The van der Waals surface area contributed by atoms with Crippen LogP contribution < -0.4 is 5.73 Å². The number of nitrogen functional groups attached to an aromatic ring is 1. The lowest BCUT2D eigenvalue weighted by atomic mass is 10.1.